The SMILES string of the molecule is COc1ccc2c(C(=O)NS(=O)(=O)c3cc(C)ccc3Cl)cnn2c1. The van der Waals surface area contributed by atoms with Crippen LogP contribution in [0, 0.1) is 6.92 Å². The van der Waals surface area contributed by atoms with Crippen molar-refractivity contribution in [2.24, 2.45) is 0 Å². The van der Waals surface area contributed by atoms with E-state index in [-0.39, 0.29) is 15.5 Å². The van der Waals surface area contributed by atoms with Crippen molar-refractivity contribution in [3.8, 4) is 5.75 Å². The van der Waals surface area contributed by atoms with Gasteiger partial charge in [0, 0.05) is 0 Å². The Bertz CT molecular complexity index is 1080. The Balaban J connectivity index is 1.95. The van der Waals surface area contributed by atoms with Crippen molar-refractivity contribution in [2.75, 3.05) is 7.11 Å². The first-order valence-electron chi connectivity index (χ1n) is 7.16. The maximum atomic E-state index is 12.5. The van der Waals surface area contributed by atoms with Gasteiger partial charge in [-0.2, -0.15) is 5.10 Å². The summed E-state index contributed by atoms with van der Waals surface area (Å²) in [6, 6.07) is 7.82. The molecule has 0 radical (unpaired) electrons. The molecule has 7 nitrogen and oxygen atoms in total. The monoisotopic (exact) mass is 379 g/mol. The fourth-order valence-electron chi connectivity index (χ4n) is 2.31. The Hall–Kier alpha value is -2.58. The molecule has 0 aliphatic rings. The zero-order valence-electron chi connectivity index (χ0n) is 13.4. The number of nitrogens with one attached hydrogen (secondary N) is 1. The molecule has 2 aromatic heterocycles. The lowest BCUT2D eigenvalue weighted by Crippen LogP contribution is -2.30. The van der Waals surface area contributed by atoms with Gasteiger partial charge in [0.1, 0.15) is 10.6 Å². The molecule has 0 atom stereocenters. The molecule has 0 spiro atoms. The van der Waals surface area contributed by atoms with Crippen LogP contribution in [-0.2, 0) is 10.0 Å². The van der Waals surface area contributed by atoms with Gasteiger partial charge in [0.05, 0.1) is 35.6 Å². The predicted octanol–water partition coefficient (Wildman–Crippen LogP) is 2.42. The Morgan fingerprint density at radius 1 is 1.28 bits per heavy atom. The molecule has 0 saturated heterocycles. The van der Waals surface area contributed by atoms with E-state index >= 15 is 0 Å². The van der Waals surface area contributed by atoms with E-state index in [0.29, 0.717) is 16.8 Å². The average Bonchev–Trinajstić information content (AvgIpc) is 2.99. The number of fused-ring (bicyclic) bond motifs is 1. The van der Waals surface area contributed by atoms with Crippen molar-refractivity contribution in [3.63, 3.8) is 0 Å². The summed E-state index contributed by atoms with van der Waals surface area (Å²) in [5.41, 5.74) is 1.28. The number of nitrogens with zero attached hydrogens (tertiary/aromatic N) is 2. The summed E-state index contributed by atoms with van der Waals surface area (Å²) in [4.78, 5) is 12.3. The largest absolute Gasteiger partial charge is 0.495 e. The average molecular weight is 380 g/mol. The minimum atomic E-state index is -4.11. The van der Waals surface area contributed by atoms with Crippen LogP contribution in [0.1, 0.15) is 15.9 Å². The van der Waals surface area contributed by atoms with Gasteiger partial charge in [-0.1, -0.05) is 17.7 Å². The van der Waals surface area contributed by atoms with E-state index < -0.39 is 15.9 Å². The highest BCUT2D eigenvalue weighted by Gasteiger charge is 2.23. The molecule has 9 heteroatoms. The number of rotatable bonds is 4. The zero-order chi connectivity index (χ0) is 18.2. The van der Waals surface area contributed by atoms with Crippen LogP contribution in [0.25, 0.3) is 5.52 Å². The smallest absolute Gasteiger partial charge is 0.268 e. The van der Waals surface area contributed by atoms with Crippen LogP contribution >= 0.6 is 11.6 Å². The van der Waals surface area contributed by atoms with Crippen LogP contribution < -0.4 is 9.46 Å². The number of carbonyl (C=O) groups excluding carboxylic acids is 1. The summed E-state index contributed by atoms with van der Waals surface area (Å²) in [5.74, 6) is -0.237. The molecule has 0 aliphatic carbocycles. The number of methoxy groups -OCH3 is 1. The molecule has 3 rings (SSSR count). The minimum absolute atomic E-state index is 0.0375. The Morgan fingerprint density at radius 3 is 2.76 bits per heavy atom. The standard InChI is InChI=1S/C16H14ClN3O4S/c1-10-3-5-13(17)15(7-10)25(22,23)19-16(21)12-8-18-20-9-11(24-2)4-6-14(12)20/h3-9H,1-2H3,(H,19,21). The Labute approximate surface area is 149 Å². The second kappa shape index (κ2) is 6.38. The maximum absolute atomic E-state index is 12.5. The van der Waals surface area contributed by atoms with Crippen molar-refractivity contribution in [3.05, 3.63) is 58.9 Å². The number of ether oxygens (including phenoxy) is 1. The maximum Gasteiger partial charge on any atom is 0.268 e. The number of hydrogen-bond acceptors (Lipinski definition) is 5. The van der Waals surface area contributed by atoms with E-state index in [1.807, 2.05) is 4.72 Å². The number of carbonyl (C=O) groups is 1. The first-order chi connectivity index (χ1) is 11.8. The first-order valence-corrected chi connectivity index (χ1v) is 9.02. The summed E-state index contributed by atoms with van der Waals surface area (Å²) in [6.45, 7) is 1.73. The predicted molar refractivity (Wildman–Crippen MR) is 92.6 cm³/mol. The van der Waals surface area contributed by atoms with E-state index in [4.69, 9.17) is 16.3 Å². The molecule has 2 heterocycles. The summed E-state index contributed by atoms with van der Waals surface area (Å²) < 4.78 is 33.5. The highest BCUT2D eigenvalue weighted by Crippen LogP contribution is 2.23. The summed E-state index contributed by atoms with van der Waals surface area (Å²) in [6.07, 6.45) is 2.87. The van der Waals surface area contributed by atoms with Gasteiger partial charge < -0.3 is 4.74 Å². The van der Waals surface area contributed by atoms with Crippen molar-refractivity contribution in [1.82, 2.24) is 14.3 Å². The molecule has 0 aliphatic heterocycles. The van der Waals surface area contributed by atoms with Crippen molar-refractivity contribution < 1.29 is 17.9 Å². The number of pyridine rings is 1. The zero-order valence-corrected chi connectivity index (χ0v) is 14.9. The number of hydrogen-bond donors (Lipinski definition) is 1. The highest BCUT2D eigenvalue weighted by atomic mass is 35.5. The topological polar surface area (TPSA) is 89.8 Å². The summed E-state index contributed by atoms with van der Waals surface area (Å²) >= 11 is 5.96. The van der Waals surface area contributed by atoms with Crippen LogP contribution in [0.15, 0.2) is 47.6 Å². The molecule has 25 heavy (non-hydrogen) atoms. The van der Waals surface area contributed by atoms with Crippen LogP contribution in [0.5, 0.6) is 5.75 Å². The molecule has 0 bridgehead atoms. The summed E-state index contributed by atoms with van der Waals surface area (Å²) in [7, 11) is -2.60. The number of aromatic nitrogens is 2. The third kappa shape index (κ3) is 3.31. The molecule has 1 N–H and O–H groups in total. The molecule has 0 saturated carbocycles. The van der Waals surface area contributed by atoms with Gasteiger partial charge >= 0.3 is 0 Å². The summed E-state index contributed by atoms with van der Waals surface area (Å²) in [5, 5.41) is 4.08. The van der Waals surface area contributed by atoms with Gasteiger partial charge in [0.15, 0.2) is 0 Å². The Kier molecular flexibility index (Phi) is 4.40. The second-order valence-electron chi connectivity index (χ2n) is 5.33. The fraction of sp³-hybridized carbons (Fsp3) is 0.125. The molecule has 0 fully saturated rings. The van der Waals surface area contributed by atoms with Crippen LogP contribution in [-0.4, -0.2) is 31.0 Å². The van der Waals surface area contributed by atoms with Crippen LogP contribution in [0.3, 0.4) is 0 Å². The van der Waals surface area contributed by atoms with E-state index in [1.165, 1.54) is 30.0 Å². The molecular formula is C16H14ClN3O4S. The highest BCUT2D eigenvalue weighted by molar-refractivity contribution is 7.90. The lowest BCUT2D eigenvalue weighted by atomic mass is 10.2. The fourth-order valence-corrected chi connectivity index (χ4v) is 3.86. The number of aryl methyl sites for hydroxylation is 1. The normalized spacial score (nSPS) is 11.5. The molecule has 3 aromatic rings. The molecule has 1 amide bonds. The van der Waals surface area contributed by atoms with Gasteiger partial charge in [-0.25, -0.2) is 17.7 Å². The van der Waals surface area contributed by atoms with Crippen molar-refractivity contribution in [1.29, 1.82) is 0 Å². The second-order valence-corrected chi connectivity index (χ2v) is 7.38. The molecular weight excluding hydrogens is 366 g/mol. The number of halogens is 1. The van der Waals surface area contributed by atoms with Gasteiger partial charge in [0.25, 0.3) is 15.9 Å². The van der Waals surface area contributed by atoms with Crippen molar-refractivity contribution in [2.45, 2.75) is 11.8 Å². The van der Waals surface area contributed by atoms with Crippen LogP contribution in [0.2, 0.25) is 5.02 Å². The quantitative estimate of drug-likeness (QED) is 0.751. The van der Waals surface area contributed by atoms with Crippen molar-refractivity contribution >= 4 is 33.0 Å². The minimum Gasteiger partial charge on any atom is -0.495 e. The first kappa shape index (κ1) is 17.2. The Morgan fingerprint density at radius 2 is 2.04 bits per heavy atom. The van der Waals surface area contributed by atoms with Crippen LogP contribution in [0.4, 0.5) is 0 Å². The number of sulfonamides is 1. The lowest BCUT2D eigenvalue weighted by molar-refractivity contribution is 0.0983. The van der Waals surface area contributed by atoms with E-state index in [9.17, 15) is 13.2 Å². The van der Waals surface area contributed by atoms with E-state index in [1.54, 1.807) is 31.3 Å². The number of amides is 1. The van der Waals surface area contributed by atoms with E-state index in [2.05, 4.69) is 5.10 Å². The van der Waals surface area contributed by atoms with Gasteiger partial charge in [0.2, 0.25) is 0 Å². The molecule has 0 unspecified atom stereocenters. The van der Waals surface area contributed by atoms with Gasteiger partial charge in [-0.05, 0) is 36.8 Å². The number of benzene rings is 1. The lowest BCUT2D eigenvalue weighted by Gasteiger charge is -2.09. The molecule has 130 valence electrons. The van der Waals surface area contributed by atoms with E-state index in [0.717, 1.165) is 0 Å². The van der Waals surface area contributed by atoms with Gasteiger partial charge in [-0.3, -0.25) is 4.79 Å². The van der Waals surface area contributed by atoms with Gasteiger partial charge in [-0.15, -0.1) is 0 Å². The molecule has 1 aromatic carbocycles. The third-order valence-corrected chi connectivity index (χ3v) is 5.39. The third-order valence-electron chi connectivity index (χ3n) is 3.57.